The first kappa shape index (κ1) is 21.9. The Labute approximate surface area is 221 Å². The number of fused-ring (bicyclic) bond motifs is 7. The van der Waals surface area contributed by atoms with E-state index < -0.39 is 0 Å². The van der Waals surface area contributed by atoms with E-state index in [4.69, 9.17) is 11.6 Å². The highest BCUT2D eigenvalue weighted by Crippen LogP contribution is 2.64. The normalized spacial score (nSPS) is 31.0. The van der Waals surface area contributed by atoms with Gasteiger partial charge in [-0.15, -0.1) is 0 Å². The zero-order valence-corrected chi connectivity index (χ0v) is 23.2. The van der Waals surface area contributed by atoms with E-state index in [0.717, 1.165) is 5.02 Å². The fourth-order valence-electron chi connectivity index (χ4n) is 9.55. The van der Waals surface area contributed by atoms with E-state index in [0.29, 0.717) is 5.92 Å². The summed E-state index contributed by atoms with van der Waals surface area (Å²) in [4.78, 5) is 2.78. The van der Waals surface area contributed by atoms with Gasteiger partial charge in [-0.05, 0) is 75.9 Å². The van der Waals surface area contributed by atoms with Crippen LogP contribution in [0, 0.1) is 5.41 Å². The Kier molecular flexibility index (Phi) is 3.80. The lowest BCUT2D eigenvalue weighted by Crippen LogP contribution is -2.65. The molecule has 0 radical (unpaired) electrons. The molecule has 0 saturated heterocycles. The number of hydrogen-bond acceptors (Lipinski definition) is 1. The van der Waals surface area contributed by atoms with Crippen LogP contribution in [-0.2, 0) is 10.8 Å². The Morgan fingerprint density at radius 3 is 2.33 bits per heavy atom. The molecule has 3 aromatic rings. The van der Waals surface area contributed by atoms with Crippen LogP contribution in [0.25, 0.3) is 0 Å². The summed E-state index contributed by atoms with van der Waals surface area (Å²) < 4.78 is 0. The van der Waals surface area contributed by atoms with Gasteiger partial charge in [-0.1, -0.05) is 101 Å². The first-order chi connectivity index (χ1) is 17.0. The van der Waals surface area contributed by atoms with Crippen molar-refractivity contribution in [3.8, 4) is 0 Å². The van der Waals surface area contributed by atoms with Crippen LogP contribution in [0.1, 0.15) is 95.4 Å². The first-order valence-corrected chi connectivity index (χ1v) is 14.3. The first-order valence-electron chi connectivity index (χ1n) is 13.9. The molecule has 0 N–H and O–H groups in total. The minimum atomic E-state index is 0.0691. The smallest absolute Gasteiger partial charge is 0.247 e. The van der Waals surface area contributed by atoms with Crippen LogP contribution in [0.2, 0.25) is 5.02 Å². The molecule has 2 aliphatic carbocycles. The van der Waals surface area contributed by atoms with Gasteiger partial charge >= 0.3 is 0 Å². The standard InChI is InChI=1S/C33H35BClN/c1-30(2)21-11-9-13-23-26(21)27(31(30,3)4)20-17-19(35)18-25-28(20)34(23)24-14-10-12-22-29(24)36(25)33(6)16-8-7-15-32(22,33)5/h9-14,17-18,27H,7-8,15-16H2,1-6H3. The van der Waals surface area contributed by atoms with Gasteiger partial charge in [0.25, 0.3) is 0 Å². The number of benzene rings is 3. The zero-order valence-electron chi connectivity index (χ0n) is 22.4. The summed E-state index contributed by atoms with van der Waals surface area (Å²) in [6.45, 7) is 15.2. The molecular weight excluding hydrogens is 457 g/mol. The highest BCUT2D eigenvalue weighted by molar-refractivity contribution is 6.99. The lowest BCUT2D eigenvalue weighted by atomic mass is 9.31. The summed E-state index contributed by atoms with van der Waals surface area (Å²) in [5, 5.41) is 0.887. The van der Waals surface area contributed by atoms with Crippen molar-refractivity contribution in [3.63, 3.8) is 0 Å². The number of anilines is 2. The molecule has 1 nitrogen and oxygen atoms in total. The van der Waals surface area contributed by atoms with Gasteiger partial charge in [0.05, 0.1) is 5.54 Å². The Morgan fingerprint density at radius 1 is 0.861 bits per heavy atom. The molecule has 3 atom stereocenters. The van der Waals surface area contributed by atoms with Gasteiger partial charge in [0.15, 0.2) is 0 Å². The molecule has 0 aromatic heterocycles. The third kappa shape index (κ3) is 2.07. The molecule has 1 fully saturated rings. The molecule has 0 spiro atoms. The van der Waals surface area contributed by atoms with Gasteiger partial charge in [0.1, 0.15) is 0 Å². The van der Waals surface area contributed by atoms with Crippen molar-refractivity contribution in [1.29, 1.82) is 0 Å². The molecule has 182 valence electrons. The Balaban J connectivity index is 1.54. The maximum absolute atomic E-state index is 7.06. The fraction of sp³-hybridized carbons (Fsp3) is 0.455. The molecule has 3 unspecified atom stereocenters. The van der Waals surface area contributed by atoms with Crippen LogP contribution in [0.5, 0.6) is 0 Å². The molecule has 0 bridgehead atoms. The van der Waals surface area contributed by atoms with Gasteiger partial charge in [-0.25, -0.2) is 0 Å². The summed E-state index contributed by atoms with van der Waals surface area (Å²) >= 11 is 7.06. The van der Waals surface area contributed by atoms with Gasteiger partial charge < -0.3 is 4.90 Å². The van der Waals surface area contributed by atoms with Crippen molar-refractivity contribution in [2.75, 3.05) is 4.90 Å². The van der Waals surface area contributed by atoms with Crippen molar-refractivity contribution < 1.29 is 0 Å². The summed E-state index contributed by atoms with van der Waals surface area (Å²) in [7, 11) is 0. The van der Waals surface area contributed by atoms with Gasteiger partial charge in [0.2, 0.25) is 6.71 Å². The van der Waals surface area contributed by atoms with E-state index >= 15 is 0 Å². The van der Waals surface area contributed by atoms with Crippen molar-refractivity contribution in [2.24, 2.45) is 5.41 Å². The number of hydrogen-bond donors (Lipinski definition) is 0. The SMILES string of the molecule is CC1(C)c2cccc3c2C(c2cc(Cl)cc4c2B3c2cccc3c2N4C2(C)CCCCC32C)C1(C)C. The largest absolute Gasteiger partial charge is 0.335 e. The van der Waals surface area contributed by atoms with Crippen molar-refractivity contribution >= 4 is 46.1 Å². The second-order valence-electron chi connectivity index (χ2n) is 13.8. The van der Waals surface area contributed by atoms with Crippen LogP contribution in [-0.4, -0.2) is 12.3 Å². The summed E-state index contributed by atoms with van der Waals surface area (Å²) in [5.74, 6) is 0.361. The zero-order chi connectivity index (χ0) is 25.0. The number of rotatable bonds is 0. The number of halogens is 1. The molecule has 3 aromatic carbocycles. The molecule has 0 amide bonds. The van der Waals surface area contributed by atoms with E-state index in [9.17, 15) is 0 Å². The predicted octanol–water partition coefficient (Wildman–Crippen LogP) is 6.67. The molecule has 3 aliphatic heterocycles. The van der Waals surface area contributed by atoms with Crippen molar-refractivity contribution in [1.82, 2.24) is 0 Å². The van der Waals surface area contributed by atoms with Crippen LogP contribution in [0.4, 0.5) is 11.4 Å². The molecule has 3 heterocycles. The number of nitrogens with zero attached hydrogens (tertiary/aromatic N) is 1. The van der Waals surface area contributed by atoms with Gasteiger partial charge in [-0.2, -0.15) is 0 Å². The van der Waals surface area contributed by atoms with Gasteiger partial charge in [-0.3, -0.25) is 0 Å². The van der Waals surface area contributed by atoms with E-state index in [2.05, 4.69) is 95.0 Å². The molecule has 8 rings (SSSR count). The van der Waals surface area contributed by atoms with Gasteiger partial charge in [0, 0.05) is 27.7 Å². The third-order valence-corrected chi connectivity index (χ3v) is 12.4. The average Bonchev–Trinajstić information content (AvgIpc) is 3.14. The highest BCUT2D eigenvalue weighted by Gasteiger charge is 2.63. The van der Waals surface area contributed by atoms with Crippen molar-refractivity contribution in [3.05, 3.63) is 75.8 Å². The van der Waals surface area contributed by atoms with Crippen LogP contribution in [0.3, 0.4) is 0 Å². The molecule has 3 heteroatoms. The monoisotopic (exact) mass is 491 g/mol. The predicted molar refractivity (Wildman–Crippen MR) is 154 cm³/mol. The maximum atomic E-state index is 7.06. The summed E-state index contributed by atoms with van der Waals surface area (Å²) in [6.07, 6.45) is 5.10. The van der Waals surface area contributed by atoms with E-state index in [1.54, 1.807) is 11.1 Å². The van der Waals surface area contributed by atoms with Crippen LogP contribution in [0.15, 0.2) is 48.5 Å². The van der Waals surface area contributed by atoms with E-state index in [-0.39, 0.29) is 28.5 Å². The van der Waals surface area contributed by atoms with E-state index in [1.165, 1.54) is 64.6 Å². The fourth-order valence-corrected chi connectivity index (χ4v) is 9.78. The molecule has 5 aliphatic rings. The molecule has 36 heavy (non-hydrogen) atoms. The van der Waals surface area contributed by atoms with Crippen LogP contribution >= 0.6 is 11.6 Å². The number of para-hydroxylation sites is 1. The second-order valence-corrected chi connectivity index (χ2v) is 14.3. The third-order valence-electron chi connectivity index (χ3n) is 12.2. The summed E-state index contributed by atoms with van der Waals surface area (Å²) in [6, 6.07) is 19.0. The Morgan fingerprint density at radius 2 is 1.56 bits per heavy atom. The van der Waals surface area contributed by atoms with Crippen molar-refractivity contribution in [2.45, 2.75) is 89.5 Å². The second kappa shape index (κ2) is 6.26. The van der Waals surface area contributed by atoms with Crippen LogP contribution < -0.4 is 21.3 Å². The molecule has 1 saturated carbocycles. The minimum absolute atomic E-state index is 0.0691. The lowest BCUT2D eigenvalue weighted by molar-refractivity contribution is 0.194. The topological polar surface area (TPSA) is 3.24 Å². The Hall–Kier alpha value is -2.19. The average molecular weight is 492 g/mol. The molecular formula is C33H35BClN. The Bertz CT molecular complexity index is 1520. The lowest BCUT2D eigenvalue weighted by Gasteiger charge is -2.53. The highest BCUT2D eigenvalue weighted by atomic mass is 35.5. The summed E-state index contributed by atoms with van der Waals surface area (Å²) in [5.41, 5.74) is 14.0. The minimum Gasteiger partial charge on any atom is -0.335 e. The maximum Gasteiger partial charge on any atom is 0.247 e. The quantitative estimate of drug-likeness (QED) is 0.317. The van der Waals surface area contributed by atoms with E-state index in [1.807, 2.05) is 0 Å².